The Bertz CT molecular complexity index is 3100. The minimum absolute atomic E-state index is 0.0116. The smallest absolute Gasteiger partial charge is 0.305 e. The van der Waals surface area contributed by atoms with Gasteiger partial charge < -0.3 is 46.1 Å². The predicted octanol–water partition coefficient (Wildman–Crippen LogP) is 8.90. The predicted molar refractivity (Wildman–Crippen MR) is 308 cm³/mol. The first-order valence-electron chi connectivity index (χ1n) is 30.7. The Labute approximate surface area is 481 Å². The van der Waals surface area contributed by atoms with Gasteiger partial charge in [-0.2, -0.15) is 0 Å². The summed E-state index contributed by atoms with van der Waals surface area (Å²) < 4.78 is 12.7. The first kappa shape index (κ1) is 57.8. The number of Topliss-reactive ketones (excluding diaryl/α,β-unsaturated/α-hetero) is 1. The first-order valence-corrected chi connectivity index (χ1v) is 30.7. The minimum atomic E-state index is -1.26. The van der Waals surface area contributed by atoms with Gasteiger partial charge in [0.05, 0.1) is 18.9 Å². The Morgan fingerprint density at radius 1 is 0.854 bits per heavy atom. The van der Waals surface area contributed by atoms with E-state index < -0.39 is 24.5 Å². The second kappa shape index (κ2) is 24.3. The maximum absolute atomic E-state index is 13.5. The number of phenols is 2. The molecule has 15 atom stereocenters. The van der Waals surface area contributed by atoms with Crippen LogP contribution in [0.15, 0.2) is 67.5 Å². The van der Waals surface area contributed by atoms with Crippen molar-refractivity contribution in [3.8, 4) is 11.5 Å². The van der Waals surface area contributed by atoms with Crippen LogP contribution < -0.4 is 11.1 Å². The van der Waals surface area contributed by atoms with Gasteiger partial charge in [-0.1, -0.05) is 71.1 Å². The summed E-state index contributed by atoms with van der Waals surface area (Å²) in [6, 6.07) is 13.9. The Balaban J connectivity index is 0.000000186. The summed E-state index contributed by atoms with van der Waals surface area (Å²) in [5.41, 5.74) is 13.7. The van der Waals surface area contributed by atoms with E-state index in [1.165, 1.54) is 39.5 Å². The molecular formula is C65H85N7O10. The van der Waals surface area contributed by atoms with Crippen LogP contribution in [0.4, 0.5) is 5.82 Å². The SMILES string of the molecule is CCc1cc2c(cc1O)CCC1C2CC[C@]2(C)C(=O)C(CNC(=O)Cc3cccnc3)CC12.C[C@]12CCC3c4ccc(O)cc4CCC3C1C[C@H](CCCCCCCCC(=O)OCC1OC(n3cnc4c(N)ncnc43)C(O)C1O)[C@@H]2O. The fraction of sp³-hybridized carbons (Fsp3) is 0.615. The molecule has 82 heavy (non-hydrogen) atoms. The summed E-state index contributed by atoms with van der Waals surface area (Å²) in [7, 11) is 0. The van der Waals surface area contributed by atoms with Crippen LogP contribution in [0, 0.1) is 46.3 Å². The number of pyridine rings is 1. The maximum atomic E-state index is 13.5. The molecule has 17 nitrogen and oxygen atoms in total. The molecular weight excluding hydrogens is 1040 g/mol. The van der Waals surface area contributed by atoms with Gasteiger partial charge in [-0.25, -0.2) is 15.0 Å². The summed E-state index contributed by atoms with van der Waals surface area (Å²) in [4.78, 5) is 54.7. The largest absolute Gasteiger partial charge is 0.508 e. The summed E-state index contributed by atoms with van der Waals surface area (Å²) in [5, 5.41) is 56.0. The van der Waals surface area contributed by atoms with Gasteiger partial charge in [0.2, 0.25) is 5.91 Å². The molecule has 5 fully saturated rings. The molecule has 1 aliphatic heterocycles. The summed E-state index contributed by atoms with van der Waals surface area (Å²) >= 11 is 0. The van der Waals surface area contributed by atoms with E-state index in [2.05, 4.69) is 58.2 Å². The quantitative estimate of drug-likeness (QED) is 0.0339. The van der Waals surface area contributed by atoms with Crippen molar-refractivity contribution in [3.05, 3.63) is 101 Å². The molecule has 4 saturated carbocycles. The van der Waals surface area contributed by atoms with E-state index in [1.54, 1.807) is 12.4 Å². The Kier molecular flexibility index (Phi) is 17.1. The highest BCUT2D eigenvalue weighted by atomic mass is 16.6. The number of carbonyl (C=O) groups excluding carboxylic acids is 3. The molecule has 0 spiro atoms. The van der Waals surface area contributed by atoms with Crippen molar-refractivity contribution in [2.24, 2.45) is 46.3 Å². The summed E-state index contributed by atoms with van der Waals surface area (Å²) in [6.07, 6.45) is 20.5. The van der Waals surface area contributed by atoms with E-state index in [0.717, 1.165) is 127 Å². The van der Waals surface area contributed by atoms with Gasteiger partial charge in [-0.05, 0) is 188 Å². The number of benzene rings is 2. The second-order valence-corrected chi connectivity index (χ2v) is 25.8. The molecule has 3 aromatic heterocycles. The number of aliphatic hydroxyl groups is 3. The summed E-state index contributed by atoms with van der Waals surface area (Å²) in [5.74, 6) is 4.31. The third-order valence-corrected chi connectivity index (χ3v) is 21.2. The number of nitrogens with one attached hydrogen (secondary N) is 1. The molecule has 17 heteroatoms. The van der Waals surface area contributed by atoms with E-state index in [4.69, 9.17) is 15.2 Å². The molecule has 1 saturated heterocycles. The van der Waals surface area contributed by atoms with Gasteiger partial charge in [0.15, 0.2) is 17.7 Å². The van der Waals surface area contributed by atoms with Gasteiger partial charge >= 0.3 is 5.97 Å². The van der Waals surface area contributed by atoms with Crippen LogP contribution in [-0.2, 0) is 49.5 Å². The lowest BCUT2D eigenvalue weighted by molar-refractivity contribution is -0.150. The highest BCUT2D eigenvalue weighted by Gasteiger charge is 2.59. The number of ether oxygens (including phenoxy) is 2. The number of amides is 1. The number of esters is 1. The van der Waals surface area contributed by atoms with Crippen LogP contribution in [-0.4, -0.2) is 105 Å². The van der Waals surface area contributed by atoms with Gasteiger partial charge in [0, 0.05) is 36.7 Å². The van der Waals surface area contributed by atoms with Gasteiger partial charge in [0.25, 0.3) is 0 Å². The number of imidazole rings is 1. The number of aryl methyl sites for hydroxylation is 3. The molecule has 0 bridgehead atoms. The minimum Gasteiger partial charge on any atom is -0.508 e. The molecule has 1 amide bonds. The number of rotatable bonds is 17. The molecule has 6 aliphatic carbocycles. The first-order chi connectivity index (χ1) is 39.6. The number of anilines is 1. The van der Waals surface area contributed by atoms with Crippen LogP contribution in [0.5, 0.6) is 11.5 Å². The molecule has 7 aliphatic rings. The number of ketones is 1. The van der Waals surface area contributed by atoms with Crippen molar-refractivity contribution < 1.29 is 49.4 Å². The maximum Gasteiger partial charge on any atom is 0.305 e. The van der Waals surface area contributed by atoms with Crippen LogP contribution >= 0.6 is 0 Å². The average molecular weight is 1120 g/mol. The molecule has 0 radical (unpaired) electrons. The number of aromatic hydroxyl groups is 2. The lowest BCUT2D eigenvalue weighted by Gasteiger charge is -2.50. The zero-order valence-electron chi connectivity index (χ0n) is 48.0. The number of unbranched alkanes of at least 4 members (excludes halogenated alkanes) is 5. The van der Waals surface area contributed by atoms with Crippen molar-refractivity contribution in [3.63, 3.8) is 0 Å². The van der Waals surface area contributed by atoms with E-state index in [0.29, 0.717) is 89.3 Å². The fourth-order valence-electron chi connectivity index (χ4n) is 16.8. The van der Waals surface area contributed by atoms with Crippen molar-refractivity contribution in [2.45, 2.75) is 192 Å². The standard InChI is InChI=1S/C37H51N5O7.C28H34N2O3/c1-37-15-14-25-24-13-11-23(43)16-21(24)10-12-26(25)27(37)17-22(33(37)47)8-6-4-2-3-5-7-9-29(44)48-18-28-31(45)32(46)36(49-28)42-20-41-30-34(38)39-19-40-35(30)42;1-3-18-12-23-19(14-25(18)31)6-7-22-21(23)8-9-28(2)24(22)13-20(27(28)33)16-30-26(32)11-17-5-4-10-29-15-17/h11,13,16,19-20,22,25-28,31-33,36,43,45-47H,2-10,12,14-15,17-18H2,1H3,(H2,38,39,40);4-5,10,12,14-15,20-22,24,31H,3,6-9,11,13,16H2,1-2H3,(H,30,32)/t22-,25?,26?,27?,28?,31?,32?,33-,36?,37-;20?,21?,22?,24?,28-/m00/s1. The van der Waals surface area contributed by atoms with E-state index >= 15 is 0 Å². The van der Waals surface area contributed by atoms with E-state index in [9.17, 15) is 39.9 Å². The van der Waals surface area contributed by atoms with Crippen molar-refractivity contribution in [1.82, 2.24) is 29.8 Å². The number of aliphatic hydroxyl groups excluding tert-OH is 3. The Morgan fingerprint density at radius 2 is 1.60 bits per heavy atom. The van der Waals surface area contributed by atoms with Gasteiger partial charge in [-0.3, -0.25) is 23.9 Å². The number of carbonyl (C=O) groups is 3. The van der Waals surface area contributed by atoms with Crippen molar-refractivity contribution in [1.29, 1.82) is 0 Å². The number of fused-ring (bicyclic) bond motifs is 11. The van der Waals surface area contributed by atoms with Gasteiger partial charge in [0.1, 0.15) is 54.0 Å². The number of hydrogen-bond acceptors (Lipinski definition) is 15. The lowest BCUT2D eigenvalue weighted by atomic mass is 9.55. The zero-order valence-corrected chi connectivity index (χ0v) is 48.0. The van der Waals surface area contributed by atoms with Crippen molar-refractivity contribution in [2.75, 3.05) is 18.9 Å². The topological polar surface area (TPSA) is 265 Å². The molecule has 5 aromatic rings. The molecule has 8 N–H and O–H groups in total. The van der Waals surface area contributed by atoms with E-state index in [-0.39, 0.29) is 47.2 Å². The highest BCUT2D eigenvalue weighted by molar-refractivity contribution is 5.90. The third-order valence-electron chi connectivity index (χ3n) is 21.2. The normalized spacial score (nSPS) is 32.3. The van der Waals surface area contributed by atoms with Gasteiger partial charge in [-0.15, -0.1) is 0 Å². The molecule has 11 unspecified atom stereocenters. The van der Waals surface area contributed by atoms with Crippen LogP contribution in [0.1, 0.15) is 175 Å². The Hall–Kier alpha value is -6.01. The van der Waals surface area contributed by atoms with Crippen molar-refractivity contribution >= 4 is 34.6 Å². The molecule has 12 rings (SSSR count). The second-order valence-electron chi connectivity index (χ2n) is 25.8. The lowest BCUT2D eigenvalue weighted by Crippen LogP contribution is -2.44. The summed E-state index contributed by atoms with van der Waals surface area (Å²) in [6.45, 7) is 6.88. The molecule has 440 valence electrons. The van der Waals surface area contributed by atoms with E-state index in [1.807, 2.05) is 30.3 Å². The molecule has 4 heterocycles. The fourth-order valence-corrected chi connectivity index (χ4v) is 16.8. The zero-order chi connectivity index (χ0) is 57.5. The average Bonchev–Trinajstić information content (AvgIpc) is 3.59. The number of nitrogen functional groups attached to an aromatic ring is 1. The van der Waals surface area contributed by atoms with Crippen LogP contribution in [0.25, 0.3) is 11.2 Å². The van der Waals surface area contributed by atoms with Crippen LogP contribution in [0.2, 0.25) is 0 Å². The molecule has 2 aromatic carbocycles. The number of aromatic nitrogens is 5. The Morgan fingerprint density at radius 3 is 2.38 bits per heavy atom. The van der Waals surface area contributed by atoms with Crippen LogP contribution in [0.3, 0.4) is 0 Å². The number of phenolic OH excluding ortho intramolecular Hbond substituents is 2. The number of nitrogens with zero attached hydrogens (tertiary/aromatic N) is 5. The monoisotopic (exact) mass is 1120 g/mol. The number of hydrogen-bond donors (Lipinski definition) is 7. The number of nitrogens with two attached hydrogens (primary N) is 1. The third kappa shape index (κ3) is 11.3. The highest BCUT2D eigenvalue weighted by Crippen LogP contribution is 2.64.